The van der Waals surface area contributed by atoms with Crippen molar-refractivity contribution < 1.29 is 9.53 Å². The van der Waals surface area contributed by atoms with Gasteiger partial charge in [0.2, 0.25) is 0 Å². The van der Waals surface area contributed by atoms with Gasteiger partial charge in [0.1, 0.15) is 11.7 Å². The van der Waals surface area contributed by atoms with E-state index in [1.165, 1.54) is 0 Å². The van der Waals surface area contributed by atoms with Gasteiger partial charge >= 0.3 is 0 Å². The van der Waals surface area contributed by atoms with E-state index in [0.29, 0.717) is 18.3 Å². The van der Waals surface area contributed by atoms with Crippen molar-refractivity contribution in [2.24, 2.45) is 23.3 Å². The molecule has 0 amide bonds. The first kappa shape index (κ1) is 11.6. The highest BCUT2D eigenvalue weighted by atomic mass is 16.6. The van der Waals surface area contributed by atoms with Gasteiger partial charge in [-0.1, -0.05) is 13.8 Å². The molecule has 1 aliphatic heterocycles. The van der Waals surface area contributed by atoms with Crippen LogP contribution in [0.4, 0.5) is 0 Å². The molecule has 0 bridgehead atoms. The van der Waals surface area contributed by atoms with E-state index in [0.717, 1.165) is 19.3 Å². The van der Waals surface area contributed by atoms with Gasteiger partial charge in [0, 0.05) is 12.5 Å². The predicted molar refractivity (Wildman–Crippen MR) is 64.3 cm³/mol. The van der Waals surface area contributed by atoms with E-state index in [2.05, 4.69) is 13.8 Å². The Morgan fingerprint density at radius 2 is 2.18 bits per heavy atom. The van der Waals surface area contributed by atoms with Gasteiger partial charge in [-0.15, -0.1) is 0 Å². The molecule has 0 aromatic carbocycles. The summed E-state index contributed by atoms with van der Waals surface area (Å²) in [6.45, 7) is 4.47. The number of Topliss-reactive ketones (excluding diaryl/α,β-unsaturated/α-hetero) is 1. The van der Waals surface area contributed by atoms with E-state index in [1.807, 2.05) is 0 Å². The maximum absolute atomic E-state index is 11.8. The van der Waals surface area contributed by atoms with Gasteiger partial charge in [0.25, 0.3) is 0 Å². The van der Waals surface area contributed by atoms with Gasteiger partial charge in [0.05, 0.1) is 5.54 Å². The van der Waals surface area contributed by atoms with Crippen LogP contribution in [0, 0.1) is 11.8 Å². The minimum absolute atomic E-state index is 0.154. The number of rotatable bonds is 1. The van der Waals surface area contributed by atoms with Crippen molar-refractivity contribution in [1.82, 2.24) is 0 Å². The van der Waals surface area contributed by atoms with Gasteiger partial charge in [-0.2, -0.15) is 0 Å². The Hall–Kier alpha value is -0.450. The first-order valence-corrected chi connectivity index (χ1v) is 6.66. The third-order valence-corrected chi connectivity index (χ3v) is 5.29. The number of hydrogen-bond acceptors (Lipinski definition) is 4. The fraction of sp³-hybridized carbons (Fsp3) is 0.923. The number of carbonyl (C=O) groups excluding carboxylic acids is 1. The molecule has 17 heavy (non-hydrogen) atoms. The smallest absolute Gasteiger partial charge is 0.166 e. The number of ether oxygens (including phenoxy) is 1. The largest absolute Gasteiger partial charge is 0.356 e. The van der Waals surface area contributed by atoms with Crippen LogP contribution in [0.25, 0.3) is 0 Å². The van der Waals surface area contributed by atoms with Gasteiger partial charge < -0.3 is 16.2 Å². The lowest BCUT2D eigenvalue weighted by molar-refractivity contribution is -0.122. The molecule has 4 nitrogen and oxygen atoms in total. The van der Waals surface area contributed by atoms with Gasteiger partial charge in [-0.3, -0.25) is 4.79 Å². The summed E-state index contributed by atoms with van der Waals surface area (Å²) in [6.07, 6.45) is 3.04. The SMILES string of the molecule is CC(C)[C@H]1CCC23OC2C(=O)C[C@H](N)[C@@]3(N)C1. The molecule has 1 saturated heterocycles. The number of hydrogen-bond donors (Lipinski definition) is 2. The average Bonchev–Trinajstić information content (AvgIpc) is 2.98. The van der Waals surface area contributed by atoms with Crippen molar-refractivity contribution in [1.29, 1.82) is 0 Å². The zero-order valence-electron chi connectivity index (χ0n) is 10.6. The molecule has 2 saturated carbocycles. The van der Waals surface area contributed by atoms with Crippen LogP contribution in [0.2, 0.25) is 0 Å². The molecule has 1 heterocycles. The molecule has 2 unspecified atom stereocenters. The molecule has 2 aliphatic carbocycles. The number of carbonyl (C=O) groups is 1. The van der Waals surface area contributed by atoms with E-state index in [4.69, 9.17) is 16.2 Å². The Balaban J connectivity index is 1.91. The molecular formula is C13H22N2O2. The third kappa shape index (κ3) is 1.32. The Bertz CT molecular complexity index is 370. The highest BCUT2D eigenvalue weighted by molar-refractivity contribution is 5.90. The lowest BCUT2D eigenvalue weighted by Gasteiger charge is -2.49. The maximum Gasteiger partial charge on any atom is 0.166 e. The quantitative estimate of drug-likeness (QED) is 0.655. The molecule has 3 rings (SSSR count). The van der Waals surface area contributed by atoms with Crippen molar-refractivity contribution >= 4 is 5.78 Å². The summed E-state index contributed by atoms with van der Waals surface area (Å²) in [5.41, 5.74) is 11.8. The summed E-state index contributed by atoms with van der Waals surface area (Å²) in [4.78, 5) is 11.8. The van der Waals surface area contributed by atoms with Crippen LogP contribution in [0.1, 0.15) is 39.5 Å². The van der Waals surface area contributed by atoms with Crippen molar-refractivity contribution in [3.8, 4) is 0 Å². The first-order valence-electron chi connectivity index (χ1n) is 6.66. The van der Waals surface area contributed by atoms with Crippen molar-refractivity contribution in [2.75, 3.05) is 0 Å². The molecule has 4 heteroatoms. The standard InChI is InChI=1S/C13H22N2O2/c1-7(2)8-3-4-13-11(17-13)9(16)5-10(14)12(13,15)6-8/h7-8,10-11H,3-6,14-15H2,1-2H3/t8-,10-,11?,12-,13?/m0/s1. The number of ketones is 1. The maximum atomic E-state index is 11.8. The van der Waals surface area contributed by atoms with E-state index in [9.17, 15) is 4.79 Å². The molecule has 5 atom stereocenters. The molecule has 1 spiro atoms. The van der Waals surface area contributed by atoms with Crippen LogP contribution in [-0.2, 0) is 9.53 Å². The molecule has 3 fully saturated rings. The Morgan fingerprint density at radius 3 is 2.82 bits per heavy atom. The van der Waals surface area contributed by atoms with Crippen LogP contribution in [0.15, 0.2) is 0 Å². The van der Waals surface area contributed by atoms with Crippen LogP contribution in [-0.4, -0.2) is 29.1 Å². The molecule has 96 valence electrons. The van der Waals surface area contributed by atoms with Gasteiger partial charge in [-0.25, -0.2) is 0 Å². The van der Waals surface area contributed by atoms with Crippen LogP contribution in [0.5, 0.6) is 0 Å². The highest BCUT2D eigenvalue weighted by Crippen LogP contribution is 2.59. The van der Waals surface area contributed by atoms with E-state index in [1.54, 1.807) is 0 Å². The zero-order valence-corrected chi connectivity index (χ0v) is 10.6. The van der Waals surface area contributed by atoms with E-state index >= 15 is 0 Å². The number of nitrogens with two attached hydrogens (primary N) is 2. The number of epoxide rings is 1. The lowest BCUT2D eigenvalue weighted by atomic mass is 9.58. The lowest BCUT2D eigenvalue weighted by Crippen LogP contribution is -2.71. The van der Waals surface area contributed by atoms with Crippen LogP contribution >= 0.6 is 0 Å². The molecule has 0 radical (unpaired) electrons. The van der Waals surface area contributed by atoms with Gasteiger partial charge in [-0.05, 0) is 31.1 Å². The van der Waals surface area contributed by atoms with Crippen molar-refractivity contribution in [2.45, 2.75) is 62.8 Å². The summed E-state index contributed by atoms with van der Waals surface area (Å²) < 4.78 is 5.73. The second kappa shape index (κ2) is 3.31. The minimum atomic E-state index is -0.487. The Morgan fingerprint density at radius 1 is 1.47 bits per heavy atom. The topological polar surface area (TPSA) is 81.6 Å². The summed E-state index contributed by atoms with van der Waals surface area (Å²) in [5.74, 6) is 1.38. The second-order valence-corrected chi connectivity index (χ2v) is 6.45. The fourth-order valence-corrected chi connectivity index (χ4v) is 3.93. The first-order chi connectivity index (χ1) is 7.91. The van der Waals surface area contributed by atoms with Crippen molar-refractivity contribution in [3.05, 3.63) is 0 Å². The molecule has 0 aromatic heterocycles. The average molecular weight is 238 g/mol. The third-order valence-electron chi connectivity index (χ3n) is 5.29. The Kier molecular flexibility index (Phi) is 2.26. The van der Waals surface area contributed by atoms with Crippen LogP contribution in [0.3, 0.4) is 0 Å². The van der Waals surface area contributed by atoms with Crippen molar-refractivity contribution in [3.63, 3.8) is 0 Å². The normalized spacial score (nSPS) is 53.2. The fourth-order valence-electron chi connectivity index (χ4n) is 3.93. The van der Waals surface area contributed by atoms with Crippen LogP contribution < -0.4 is 11.5 Å². The molecule has 3 aliphatic rings. The Labute approximate surface area is 102 Å². The zero-order chi connectivity index (χ0) is 12.4. The molecule has 4 N–H and O–H groups in total. The summed E-state index contributed by atoms with van der Waals surface area (Å²) in [5, 5.41) is 0. The van der Waals surface area contributed by atoms with E-state index < -0.39 is 11.1 Å². The molecule has 0 aromatic rings. The van der Waals surface area contributed by atoms with Gasteiger partial charge in [0.15, 0.2) is 5.78 Å². The highest BCUT2D eigenvalue weighted by Gasteiger charge is 2.75. The summed E-state index contributed by atoms with van der Waals surface area (Å²) >= 11 is 0. The summed E-state index contributed by atoms with van der Waals surface area (Å²) in [6, 6.07) is -0.240. The second-order valence-electron chi connectivity index (χ2n) is 6.45. The molecular weight excluding hydrogens is 216 g/mol. The summed E-state index contributed by atoms with van der Waals surface area (Å²) in [7, 11) is 0. The van der Waals surface area contributed by atoms with E-state index in [-0.39, 0.29) is 17.9 Å². The minimum Gasteiger partial charge on any atom is -0.356 e. The monoisotopic (exact) mass is 238 g/mol. The predicted octanol–water partition coefficient (Wildman–Crippen LogP) is 0.578.